The standard InChI is InChI=1S/C15H24N2O2S/c1-3-5-9-17(10-6-4-2)15-16-12(11-7-8-11)13(20-15)14(18)19/h11H,3-10H2,1-2H3,(H,18,19). The van der Waals surface area contributed by atoms with Crippen LogP contribution in [0.25, 0.3) is 0 Å². The van der Waals surface area contributed by atoms with E-state index in [0.717, 1.165) is 62.4 Å². The molecule has 0 aliphatic heterocycles. The number of unbranched alkanes of at least 4 members (excludes halogenated alkanes) is 2. The molecule has 1 aliphatic carbocycles. The minimum absolute atomic E-state index is 0.394. The van der Waals surface area contributed by atoms with Crippen LogP contribution in [0.15, 0.2) is 0 Å². The summed E-state index contributed by atoms with van der Waals surface area (Å²) >= 11 is 1.36. The van der Waals surface area contributed by atoms with Crippen molar-refractivity contribution in [1.82, 2.24) is 4.98 Å². The largest absolute Gasteiger partial charge is 0.477 e. The predicted molar refractivity (Wildman–Crippen MR) is 83.1 cm³/mol. The fourth-order valence-corrected chi connectivity index (χ4v) is 3.29. The van der Waals surface area contributed by atoms with Crippen LogP contribution in [0, 0.1) is 0 Å². The van der Waals surface area contributed by atoms with E-state index in [9.17, 15) is 9.90 Å². The van der Waals surface area contributed by atoms with Crippen molar-refractivity contribution in [2.75, 3.05) is 18.0 Å². The van der Waals surface area contributed by atoms with Gasteiger partial charge in [0.2, 0.25) is 0 Å². The Morgan fingerprint density at radius 1 is 1.30 bits per heavy atom. The van der Waals surface area contributed by atoms with Gasteiger partial charge < -0.3 is 10.0 Å². The number of rotatable bonds is 9. The molecule has 4 nitrogen and oxygen atoms in total. The van der Waals surface area contributed by atoms with Gasteiger partial charge >= 0.3 is 5.97 Å². The lowest BCUT2D eigenvalue weighted by Gasteiger charge is -2.21. The second-order valence-electron chi connectivity index (χ2n) is 5.48. The monoisotopic (exact) mass is 296 g/mol. The first-order valence-electron chi connectivity index (χ1n) is 7.66. The SMILES string of the molecule is CCCCN(CCCC)c1nc(C2CC2)c(C(=O)O)s1. The lowest BCUT2D eigenvalue weighted by molar-refractivity contribution is 0.0700. The Hall–Kier alpha value is -1.10. The first-order valence-corrected chi connectivity index (χ1v) is 8.48. The number of carbonyl (C=O) groups is 1. The van der Waals surface area contributed by atoms with Crippen molar-refractivity contribution in [3.63, 3.8) is 0 Å². The van der Waals surface area contributed by atoms with Gasteiger partial charge in [-0.3, -0.25) is 0 Å². The Bertz CT molecular complexity index is 447. The Morgan fingerprint density at radius 3 is 2.35 bits per heavy atom. The number of nitrogens with zero attached hydrogens (tertiary/aromatic N) is 2. The molecule has 0 saturated heterocycles. The average molecular weight is 296 g/mol. The summed E-state index contributed by atoms with van der Waals surface area (Å²) in [4.78, 5) is 18.8. The topological polar surface area (TPSA) is 53.4 Å². The van der Waals surface area contributed by atoms with Gasteiger partial charge in [0.05, 0.1) is 5.69 Å². The van der Waals surface area contributed by atoms with Gasteiger partial charge in [-0.1, -0.05) is 38.0 Å². The quantitative estimate of drug-likeness (QED) is 0.744. The fraction of sp³-hybridized carbons (Fsp3) is 0.733. The Labute approximate surface area is 124 Å². The van der Waals surface area contributed by atoms with Crippen LogP contribution in [-0.2, 0) is 0 Å². The number of thiazole rings is 1. The van der Waals surface area contributed by atoms with Crippen molar-refractivity contribution in [3.8, 4) is 0 Å². The second-order valence-corrected chi connectivity index (χ2v) is 6.46. The molecular weight excluding hydrogens is 272 g/mol. The third kappa shape index (κ3) is 3.72. The minimum Gasteiger partial charge on any atom is -0.477 e. The van der Waals surface area contributed by atoms with E-state index in [1.54, 1.807) is 0 Å². The summed E-state index contributed by atoms with van der Waals surface area (Å²) in [5, 5.41) is 10.2. The van der Waals surface area contributed by atoms with E-state index in [2.05, 4.69) is 23.7 Å². The molecular formula is C15H24N2O2S. The van der Waals surface area contributed by atoms with Crippen molar-refractivity contribution < 1.29 is 9.90 Å². The molecule has 0 spiro atoms. The second kappa shape index (κ2) is 7.07. The van der Waals surface area contributed by atoms with Crippen LogP contribution in [0.2, 0.25) is 0 Å². The number of carboxylic acids is 1. The molecule has 5 heteroatoms. The highest BCUT2D eigenvalue weighted by atomic mass is 32.1. The lowest BCUT2D eigenvalue weighted by atomic mass is 10.2. The number of aromatic carboxylic acids is 1. The molecule has 1 heterocycles. The maximum Gasteiger partial charge on any atom is 0.347 e. The first-order chi connectivity index (χ1) is 9.67. The molecule has 0 atom stereocenters. The molecule has 0 unspecified atom stereocenters. The van der Waals surface area contributed by atoms with Crippen LogP contribution in [-0.4, -0.2) is 29.1 Å². The average Bonchev–Trinajstić information content (AvgIpc) is 3.18. The molecule has 2 rings (SSSR count). The zero-order chi connectivity index (χ0) is 14.5. The third-order valence-corrected chi connectivity index (χ3v) is 4.75. The van der Waals surface area contributed by atoms with E-state index in [1.807, 2.05) is 0 Å². The van der Waals surface area contributed by atoms with Gasteiger partial charge in [0.15, 0.2) is 5.13 Å². The molecule has 0 aromatic carbocycles. The highest BCUT2D eigenvalue weighted by molar-refractivity contribution is 7.17. The van der Waals surface area contributed by atoms with Gasteiger partial charge in [-0.25, -0.2) is 9.78 Å². The summed E-state index contributed by atoms with van der Waals surface area (Å²) < 4.78 is 0. The van der Waals surface area contributed by atoms with Crippen molar-refractivity contribution in [3.05, 3.63) is 10.6 Å². The molecule has 20 heavy (non-hydrogen) atoms. The summed E-state index contributed by atoms with van der Waals surface area (Å²) in [7, 11) is 0. The number of carboxylic acid groups (broad SMARTS) is 1. The fourth-order valence-electron chi connectivity index (χ4n) is 2.24. The van der Waals surface area contributed by atoms with Crippen molar-refractivity contribution in [2.45, 2.75) is 58.3 Å². The van der Waals surface area contributed by atoms with Gasteiger partial charge in [0.1, 0.15) is 4.88 Å². The van der Waals surface area contributed by atoms with Crippen LogP contribution in [0.5, 0.6) is 0 Å². The Kier molecular flexibility index (Phi) is 5.40. The van der Waals surface area contributed by atoms with Crippen LogP contribution >= 0.6 is 11.3 Å². The summed E-state index contributed by atoms with van der Waals surface area (Å²) in [6, 6.07) is 0. The molecule has 0 radical (unpaired) electrons. The highest BCUT2D eigenvalue weighted by Crippen LogP contribution is 2.44. The molecule has 1 fully saturated rings. The van der Waals surface area contributed by atoms with Crippen LogP contribution in [0.4, 0.5) is 5.13 Å². The van der Waals surface area contributed by atoms with E-state index in [0.29, 0.717) is 10.8 Å². The van der Waals surface area contributed by atoms with Crippen LogP contribution in [0.1, 0.15) is 73.7 Å². The molecule has 1 N–H and O–H groups in total. The number of anilines is 1. The normalized spacial score (nSPS) is 14.5. The Balaban J connectivity index is 2.18. The summed E-state index contributed by atoms with van der Waals surface area (Å²) in [5.74, 6) is -0.424. The van der Waals surface area contributed by atoms with E-state index >= 15 is 0 Å². The zero-order valence-corrected chi connectivity index (χ0v) is 13.2. The van der Waals surface area contributed by atoms with Gasteiger partial charge in [-0.2, -0.15) is 0 Å². The lowest BCUT2D eigenvalue weighted by Crippen LogP contribution is -2.25. The molecule has 0 bridgehead atoms. The predicted octanol–water partition coefficient (Wildman–Crippen LogP) is 4.13. The maximum absolute atomic E-state index is 11.4. The van der Waals surface area contributed by atoms with Crippen LogP contribution in [0.3, 0.4) is 0 Å². The maximum atomic E-state index is 11.4. The zero-order valence-electron chi connectivity index (χ0n) is 12.4. The molecule has 1 aromatic heterocycles. The minimum atomic E-state index is -0.818. The van der Waals surface area contributed by atoms with Crippen molar-refractivity contribution >= 4 is 22.4 Å². The van der Waals surface area contributed by atoms with E-state index in [1.165, 1.54) is 11.3 Å². The van der Waals surface area contributed by atoms with Gasteiger partial charge in [-0.05, 0) is 25.7 Å². The molecule has 0 amide bonds. The van der Waals surface area contributed by atoms with Gasteiger partial charge in [0.25, 0.3) is 0 Å². The first kappa shape index (κ1) is 15.3. The number of hydrogen-bond acceptors (Lipinski definition) is 4. The Morgan fingerprint density at radius 2 is 1.90 bits per heavy atom. The van der Waals surface area contributed by atoms with Gasteiger partial charge in [0, 0.05) is 19.0 Å². The van der Waals surface area contributed by atoms with Crippen LogP contribution < -0.4 is 4.90 Å². The number of aromatic nitrogens is 1. The van der Waals surface area contributed by atoms with E-state index in [-0.39, 0.29) is 0 Å². The van der Waals surface area contributed by atoms with Crippen molar-refractivity contribution in [1.29, 1.82) is 0 Å². The summed E-state index contributed by atoms with van der Waals surface area (Å²) in [6.45, 7) is 6.32. The molecule has 1 aliphatic rings. The molecule has 112 valence electrons. The summed E-state index contributed by atoms with van der Waals surface area (Å²) in [6.07, 6.45) is 6.74. The smallest absolute Gasteiger partial charge is 0.347 e. The third-order valence-electron chi connectivity index (χ3n) is 3.63. The van der Waals surface area contributed by atoms with Gasteiger partial charge in [-0.15, -0.1) is 0 Å². The number of hydrogen-bond donors (Lipinski definition) is 1. The molecule has 1 aromatic rings. The summed E-state index contributed by atoms with van der Waals surface area (Å²) in [5.41, 5.74) is 0.829. The highest BCUT2D eigenvalue weighted by Gasteiger charge is 2.32. The molecule has 1 saturated carbocycles. The van der Waals surface area contributed by atoms with Crippen molar-refractivity contribution in [2.24, 2.45) is 0 Å². The van der Waals surface area contributed by atoms with E-state index in [4.69, 9.17) is 0 Å². The van der Waals surface area contributed by atoms with E-state index < -0.39 is 5.97 Å².